The maximum absolute atomic E-state index is 12.6. The van der Waals surface area contributed by atoms with Crippen LogP contribution in [-0.2, 0) is 11.8 Å². The van der Waals surface area contributed by atoms with Crippen LogP contribution in [0, 0.1) is 6.92 Å². The largest absolute Gasteiger partial charge is 0.381 e. The molecule has 7 nitrogen and oxygen atoms in total. The fraction of sp³-hybridized carbons (Fsp3) is 0.562. The molecular weight excluding hydrogens is 294 g/mol. The van der Waals surface area contributed by atoms with Gasteiger partial charge < -0.3 is 10.1 Å². The van der Waals surface area contributed by atoms with Crippen LogP contribution < -0.4 is 5.32 Å². The van der Waals surface area contributed by atoms with Crippen LogP contribution in [0.5, 0.6) is 0 Å². The van der Waals surface area contributed by atoms with E-state index < -0.39 is 0 Å². The number of aromatic amines is 1. The standard InChI is InChI=1S/C16H23N5O2/c1-10(14-9-21(3)20-11(14)2)18-16(22)13-8-17-19-15(13)12-4-6-23-7-5-12/h8-10,12H,4-7H2,1-3H3,(H,17,19)(H,18,22). The summed E-state index contributed by atoms with van der Waals surface area (Å²) in [5.74, 6) is 0.207. The first-order valence-corrected chi connectivity index (χ1v) is 7.98. The first kappa shape index (κ1) is 15.7. The van der Waals surface area contributed by atoms with Gasteiger partial charge in [0.1, 0.15) is 0 Å². The predicted molar refractivity (Wildman–Crippen MR) is 85.2 cm³/mol. The average Bonchev–Trinajstić information content (AvgIpc) is 3.14. The van der Waals surface area contributed by atoms with Gasteiger partial charge in [-0.05, 0) is 26.7 Å². The molecule has 0 aliphatic carbocycles. The molecule has 0 bridgehead atoms. The Hall–Kier alpha value is -2.15. The predicted octanol–water partition coefficient (Wildman–Crippen LogP) is 1.84. The van der Waals surface area contributed by atoms with Gasteiger partial charge in [-0.2, -0.15) is 10.2 Å². The first-order valence-electron chi connectivity index (χ1n) is 7.98. The van der Waals surface area contributed by atoms with E-state index in [1.54, 1.807) is 10.9 Å². The SMILES string of the molecule is Cc1nn(C)cc1C(C)NC(=O)c1cn[nH]c1C1CCOCC1. The molecule has 2 N–H and O–H groups in total. The Balaban J connectivity index is 1.73. The van der Waals surface area contributed by atoms with Crippen LogP contribution in [0.4, 0.5) is 0 Å². The van der Waals surface area contributed by atoms with E-state index in [4.69, 9.17) is 4.74 Å². The van der Waals surface area contributed by atoms with Crippen molar-refractivity contribution in [2.75, 3.05) is 13.2 Å². The van der Waals surface area contributed by atoms with E-state index >= 15 is 0 Å². The lowest BCUT2D eigenvalue weighted by Gasteiger charge is -2.22. The lowest BCUT2D eigenvalue weighted by atomic mass is 9.93. The van der Waals surface area contributed by atoms with Crippen molar-refractivity contribution >= 4 is 5.91 Å². The number of nitrogens with one attached hydrogen (secondary N) is 2. The summed E-state index contributed by atoms with van der Waals surface area (Å²) in [5, 5.41) is 14.5. The van der Waals surface area contributed by atoms with Crippen molar-refractivity contribution < 1.29 is 9.53 Å². The van der Waals surface area contributed by atoms with Crippen molar-refractivity contribution in [3.63, 3.8) is 0 Å². The molecule has 1 amide bonds. The number of hydrogen-bond donors (Lipinski definition) is 2. The third-order valence-corrected chi connectivity index (χ3v) is 4.41. The molecule has 1 unspecified atom stereocenters. The van der Waals surface area contributed by atoms with Gasteiger partial charge in [0.05, 0.1) is 29.2 Å². The molecule has 1 aliphatic rings. The molecule has 124 valence electrons. The molecular formula is C16H23N5O2. The van der Waals surface area contributed by atoms with Gasteiger partial charge in [0.25, 0.3) is 5.91 Å². The number of rotatable bonds is 4. The van der Waals surface area contributed by atoms with Gasteiger partial charge >= 0.3 is 0 Å². The summed E-state index contributed by atoms with van der Waals surface area (Å²) in [6, 6.07) is -0.103. The third kappa shape index (κ3) is 3.29. The Labute approximate surface area is 135 Å². The summed E-state index contributed by atoms with van der Waals surface area (Å²) in [6.45, 7) is 5.38. The molecule has 1 atom stereocenters. The van der Waals surface area contributed by atoms with Gasteiger partial charge in [0.15, 0.2) is 0 Å². The highest BCUT2D eigenvalue weighted by molar-refractivity contribution is 5.95. The Kier molecular flexibility index (Phi) is 4.47. The first-order chi connectivity index (χ1) is 11.1. The monoisotopic (exact) mass is 317 g/mol. The molecule has 3 rings (SSSR count). The zero-order valence-corrected chi connectivity index (χ0v) is 13.8. The lowest BCUT2D eigenvalue weighted by molar-refractivity contribution is 0.0832. The maximum atomic E-state index is 12.6. The molecule has 3 heterocycles. The third-order valence-electron chi connectivity index (χ3n) is 4.41. The maximum Gasteiger partial charge on any atom is 0.255 e. The quantitative estimate of drug-likeness (QED) is 0.901. The number of ether oxygens (including phenoxy) is 1. The zero-order chi connectivity index (χ0) is 16.4. The van der Waals surface area contributed by atoms with Crippen molar-refractivity contribution in [1.29, 1.82) is 0 Å². The molecule has 0 saturated carbocycles. The minimum atomic E-state index is -0.103. The fourth-order valence-corrected chi connectivity index (χ4v) is 3.17. The van der Waals surface area contributed by atoms with Gasteiger partial charge in [-0.15, -0.1) is 0 Å². The van der Waals surface area contributed by atoms with Crippen LogP contribution in [0.1, 0.15) is 59.0 Å². The summed E-state index contributed by atoms with van der Waals surface area (Å²) in [7, 11) is 1.88. The van der Waals surface area contributed by atoms with E-state index in [-0.39, 0.29) is 11.9 Å². The van der Waals surface area contributed by atoms with Crippen LogP contribution in [0.2, 0.25) is 0 Å². The normalized spacial score (nSPS) is 17.2. The number of hydrogen-bond acceptors (Lipinski definition) is 4. The van der Waals surface area contributed by atoms with Crippen molar-refractivity contribution in [2.24, 2.45) is 7.05 Å². The Bertz CT molecular complexity index is 684. The molecule has 2 aromatic rings. The molecule has 0 spiro atoms. The van der Waals surface area contributed by atoms with E-state index in [2.05, 4.69) is 20.6 Å². The van der Waals surface area contributed by atoms with E-state index in [9.17, 15) is 4.79 Å². The topological polar surface area (TPSA) is 84.8 Å². The number of amides is 1. The van der Waals surface area contributed by atoms with Crippen molar-refractivity contribution in [2.45, 2.75) is 38.6 Å². The lowest BCUT2D eigenvalue weighted by Crippen LogP contribution is -2.28. The Morgan fingerprint density at radius 2 is 2.22 bits per heavy atom. The molecule has 2 aromatic heterocycles. The van der Waals surface area contributed by atoms with Crippen LogP contribution in [0.25, 0.3) is 0 Å². The zero-order valence-electron chi connectivity index (χ0n) is 13.8. The molecule has 1 aliphatic heterocycles. The van der Waals surface area contributed by atoms with Gasteiger partial charge in [-0.1, -0.05) is 0 Å². The summed E-state index contributed by atoms with van der Waals surface area (Å²) >= 11 is 0. The highest BCUT2D eigenvalue weighted by atomic mass is 16.5. The number of aryl methyl sites for hydroxylation is 2. The number of nitrogens with zero attached hydrogens (tertiary/aromatic N) is 3. The fourth-order valence-electron chi connectivity index (χ4n) is 3.17. The van der Waals surface area contributed by atoms with Gasteiger partial charge in [0, 0.05) is 37.9 Å². The highest BCUT2D eigenvalue weighted by Gasteiger charge is 2.25. The van der Waals surface area contributed by atoms with Crippen LogP contribution in [0.3, 0.4) is 0 Å². The Morgan fingerprint density at radius 1 is 1.48 bits per heavy atom. The number of aromatic nitrogens is 4. The van der Waals surface area contributed by atoms with Crippen molar-refractivity contribution in [3.8, 4) is 0 Å². The molecule has 1 fully saturated rings. The second-order valence-corrected chi connectivity index (χ2v) is 6.12. The summed E-state index contributed by atoms with van der Waals surface area (Å²) in [4.78, 5) is 12.6. The van der Waals surface area contributed by atoms with Gasteiger partial charge in [-0.25, -0.2) is 0 Å². The molecule has 23 heavy (non-hydrogen) atoms. The number of carbonyl (C=O) groups is 1. The Morgan fingerprint density at radius 3 is 2.87 bits per heavy atom. The van der Waals surface area contributed by atoms with E-state index in [1.165, 1.54) is 0 Å². The molecule has 0 radical (unpaired) electrons. The van der Waals surface area contributed by atoms with E-state index in [0.29, 0.717) is 11.5 Å². The van der Waals surface area contributed by atoms with E-state index in [0.717, 1.165) is 43.0 Å². The molecule has 0 aromatic carbocycles. The summed E-state index contributed by atoms with van der Waals surface area (Å²) in [6.07, 6.45) is 5.39. The second-order valence-electron chi connectivity index (χ2n) is 6.12. The van der Waals surface area contributed by atoms with Gasteiger partial charge in [0.2, 0.25) is 0 Å². The van der Waals surface area contributed by atoms with Crippen LogP contribution >= 0.6 is 0 Å². The van der Waals surface area contributed by atoms with E-state index in [1.807, 2.05) is 27.1 Å². The van der Waals surface area contributed by atoms with Crippen molar-refractivity contribution in [3.05, 3.63) is 34.9 Å². The molecule has 1 saturated heterocycles. The van der Waals surface area contributed by atoms with Crippen LogP contribution in [0.15, 0.2) is 12.4 Å². The van der Waals surface area contributed by atoms with Crippen molar-refractivity contribution in [1.82, 2.24) is 25.3 Å². The number of H-pyrrole nitrogens is 1. The highest BCUT2D eigenvalue weighted by Crippen LogP contribution is 2.28. The average molecular weight is 317 g/mol. The molecule has 7 heteroatoms. The smallest absolute Gasteiger partial charge is 0.255 e. The minimum absolute atomic E-state index is 0.101. The number of carbonyl (C=O) groups excluding carboxylic acids is 1. The van der Waals surface area contributed by atoms with Gasteiger partial charge in [-0.3, -0.25) is 14.6 Å². The summed E-state index contributed by atoms with van der Waals surface area (Å²) < 4.78 is 7.15. The minimum Gasteiger partial charge on any atom is -0.381 e. The summed E-state index contributed by atoms with van der Waals surface area (Å²) in [5.41, 5.74) is 3.50. The second kappa shape index (κ2) is 6.54. The van der Waals surface area contributed by atoms with Crippen LogP contribution in [-0.4, -0.2) is 39.1 Å².